The lowest BCUT2D eigenvalue weighted by atomic mass is 9.74. The Labute approximate surface area is 314 Å². The second kappa shape index (κ2) is 15.5. The Hall–Kier alpha value is -5.98. The van der Waals surface area contributed by atoms with Crippen LogP contribution in [0.3, 0.4) is 0 Å². The fourth-order valence-corrected chi connectivity index (χ4v) is 8.34. The summed E-state index contributed by atoms with van der Waals surface area (Å²) in [5.41, 5.74) is 11.2. The molecule has 1 aliphatic rings. The van der Waals surface area contributed by atoms with Crippen molar-refractivity contribution in [2.24, 2.45) is 5.41 Å². The van der Waals surface area contributed by atoms with Gasteiger partial charge in [-0.1, -0.05) is 105 Å². The van der Waals surface area contributed by atoms with E-state index in [1.165, 1.54) is 20.9 Å². The second-order valence-electron chi connectivity index (χ2n) is 13.6. The number of anilines is 3. The summed E-state index contributed by atoms with van der Waals surface area (Å²) in [6, 6.07) is 47.0. The molecule has 252 valence electrons. The summed E-state index contributed by atoms with van der Waals surface area (Å²) in [7, 11) is 0. The first-order valence-electron chi connectivity index (χ1n) is 17.3. The zero-order valence-corrected chi connectivity index (χ0v) is 30.8. The van der Waals surface area contributed by atoms with E-state index in [2.05, 4.69) is 175 Å². The quantitative estimate of drug-likeness (QED) is 0.111. The Morgan fingerprint density at radius 2 is 1.13 bits per heavy atom. The van der Waals surface area contributed by atoms with Crippen molar-refractivity contribution >= 4 is 58.0 Å². The van der Waals surface area contributed by atoms with Crippen LogP contribution in [0.2, 0.25) is 0 Å². The number of hydrogen-bond acceptors (Lipinski definition) is 5. The van der Waals surface area contributed by atoms with Crippen LogP contribution in [0.15, 0.2) is 161 Å². The number of nitrogens with zero attached hydrogens (tertiary/aromatic N) is 3. The summed E-state index contributed by atoms with van der Waals surface area (Å²) in [5.74, 6) is 0. The van der Waals surface area contributed by atoms with Crippen molar-refractivity contribution in [1.29, 1.82) is 10.5 Å². The minimum atomic E-state index is -0.0460. The van der Waals surface area contributed by atoms with Crippen LogP contribution < -0.4 is 4.90 Å². The predicted octanol–water partition coefficient (Wildman–Crippen LogP) is 13.9. The minimum Gasteiger partial charge on any atom is -0.311 e. The molecule has 2 heterocycles. The van der Waals surface area contributed by atoms with Crippen molar-refractivity contribution in [3.05, 3.63) is 178 Å². The van der Waals surface area contributed by atoms with E-state index >= 15 is 0 Å². The van der Waals surface area contributed by atoms with Gasteiger partial charge in [0.05, 0.1) is 0 Å². The first-order valence-corrected chi connectivity index (χ1v) is 19.0. The van der Waals surface area contributed by atoms with Gasteiger partial charge in [0.25, 0.3) is 0 Å². The fraction of sp³-hybridized carbons (Fsp3) is 0.106. The minimum absolute atomic E-state index is 0.0460. The first kappa shape index (κ1) is 34.5. The summed E-state index contributed by atoms with van der Waals surface area (Å²) >= 11 is 3.47. The third-order valence-corrected chi connectivity index (χ3v) is 11.0. The lowest BCUT2D eigenvalue weighted by Crippen LogP contribution is -2.17. The molecule has 0 amide bonds. The molecule has 0 radical (unpaired) electrons. The molecule has 3 nitrogen and oxygen atoms in total. The van der Waals surface area contributed by atoms with Crippen molar-refractivity contribution in [3.63, 3.8) is 0 Å². The molecular weight excluding hydrogens is 671 g/mol. The molecule has 0 saturated carbocycles. The topological polar surface area (TPSA) is 50.8 Å². The first-order chi connectivity index (χ1) is 25.4. The summed E-state index contributed by atoms with van der Waals surface area (Å²) in [4.78, 5) is 4.68. The third kappa shape index (κ3) is 7.83. The normalized spacial score (nSPS) is 13.8. The van der Waals surface area contributed by atoms with E-state index in [-0.39, 0.29) is 11.0 Å². The molecule has 7 rings (SSSR count). The molecule has 6 aromatic rings. The lowest BCUT2D eigenvalue weighted by Gasteiger charge is -2.30. The van der Waals surface area contributed by atoms with Gasteiger partial charge in [0.1, 0.15) is 17.7 Å². The molecule has 0 unspecified atom stereocenters. The summed E-state index contributed by atoms with van der Waals surface area (Å²) in [6.45, 7) is 4.40. The highest BCUT2D eigenvalue weighted by molar-refractivity contribution is 7.14. The largest absolute Gasteiger partial charge is 0.311 e. The van der Waals surface area contributed by atoms with Crippen molar-refractivity contribution in [1.82, 2.24) is 0 Å². The summed E-state index contributed by atoms with van der Waals surface area (Å²) in [5, 5.41) is 23.4. The Morgan fingerprint density at radius 3 is 1.63 bits per heavy atom. The molecule has 0 saturated heterocycles. The van der Waals surface area contributed by atoms with E-state index in [1.807, 2.05) is 18.2 Å². The predicted molar refractivity (Wildman–Crippen MR) is 222 cm³/mol. The molecule has 1 aliphatic carbocycles. The highest BCUT2D eigenvalue weighted by atomic mass is 32.1. The number of benzene rings is 4. The summed E-state index contributed by atoms with van der Waals surface area (Å²) < 4.78 is 0. The van der Waals surface area contributed by atoms with Crippen LogP contribution in [0.5, 0.6) is 0 Å². The molecule has 0 aliphatic heterocycles. The highest BCUT2D eigenvalue weighted by Gasteiger charge is 2.26. The van der Waals surface area contributed by atoms with E-state index in [1.54, 1.807) is 22.7 Å². The maximum absolute atomic E-state index is 9.59. The Bertz CT molecular complexity index is 2310. The monoisotopic (exact) mass is 707 g/mol. The van der Waals surface area contributed by atoms with Crippen molar-refractivity contribution in [2.75, 3.05) is 4.90 Å². The van der Waals surface area contributed by atoms with Gasteiger partial charge in [-0.15, -0.1) is 22.7 Å². The summed E-state index contributed by atoms with van der Waals surface area (Å²) in [6.07, 6.45) is 12.4. The Morgan fingerprint density at radius 1 is 0.615 bits per heavy atom. The standard InChI is InChI=1S/C47H37N3S2/c1-47(2)30-35(27-38(31-47)39(32-48)33-49)18-22-37-29-43(45-15-9-25-51-45)36(28-44(37)46-16-10-26-52-46)21-17-34-19-23-42(24-20-34)50(40-11-5-3-6-12-40)41-13-7-4-8-14-41/h3-29H,30-31H2,1-2H3/b21-17+,22-18+. The number of thiophene rings is 2. The number of allylic oxidation sites excluding steroid dienone is 5. The molecule has 5 heteroatoms. The molecule has 0 bridgehead atoms. The number of para-hydroxylation sites is 2. The average Bonchev–Trinajstić information content (AvgIpc) is 3.91. The maximum atomic E-state index is 9.59. The molecule has 0 atom stereocenters. The highest BCUT2D eigenvalue weighted by Crippen LogP contribution is 2.42. The Balaban J connectivity index is 1.26. The van der Waals surface area contributed by atoms with Gasteiger partial charge in [-0.3, -0.25) is 0 Å². The molecule has 0 N–H and O–H groups in total. The van der Waals surface area contributed by atoms with Gasteiger partial charge in [0.2, 0.25) is 0 Å². The number of nitriles is 2. The van der Waals surface area contributed by atoms with Crippen molar-refractivity contribution in [3.8, 4) is 33.0 Å². The van der Waals surface area contributed by atoms with Crippen LogP contribution in [0.4, 0.5) is 17.1 Å². The van der Waals surface area contributed by atoms with Gasteiger partial charge >= 0.3 is 0 Å². The van der Waals surface area contributed by atoms with Crippen molar-refractivity contribution in [2.45, 2.75) is 26.7 Å². The van der Waals surface area contributed by atoms with Gasteiger partial charge in [0, 0.05) is 26.8 Å². The van der Waals surface area contributed by atoms with Crippen LogP contribution in [0.1, 0.15) is 43.4 Å². The lowest BCUT2D eigenvalue weighted by molar-refractivity contribution is 0.354. The van der Waals surface area contributed by atoms with Gasteiger partial charge in [-0.2, -0.15) is 10.5 Å². The zero-order valence-electron chi connectivity index (χ0n) is 29.2. The van der Waals surface area contributed by atoms with Crippen LogP contribution in [0.25, 0.3) is 39.1 Å². The van der Waals surface area contributed by atoms with Crippen LogP contribution in [-0.4, -0.2) is 0 Å². The molecule has 0 fully saturated rings. The smallest absolute Gasteiger partial charge is 0.132 e. The van der Waals surface area contributed by atoms with Crippen LogP contribution in [-0.2, 0) is 0 Å². The Kier molecular flexibility index (Phi) is 10.3. The van der Waals surface area contributed by atoms with E-state index in [9.17, 15) is 10.5 Å². The van der Waals surface area contributed by atoms with Crippen LogP contribution >= 0.6 is 22.7 Å². The molecule has 4 aromatic carbocycles. The van der Waals surface area contributed by atoms with E-state index in [0.717, 1.165) is 51.3 Å². The third-order valence-electron chi connectivity index (χ3n) is 9.16. The van der Waals surface area contributed by atoms with Crippen molar-refractivity contribution < 1.29 is 0 Å². The number of hydrogen-bond donors (Lipinski definition) is 0. The second-order valence-corrected chi connectivity index (χ2v) is 15.5. The SMILES string of the molecule is CC1(C)CC(/C=C/c2cc(-c3cccs3)c(/C=C/c3ccc(N(c4ccccc4)c4ccccc4)cc3)cc2-c2cccs2)=CC(=C(C#N)C#N)C1. The number of rotatable bonds is 9. The van der Waals surface area contributed by atoms with Gasteiger partial charge in [-0.25, -0.2) is 0 Å². The van der Waals surface area contributed by atoms with E-state index in [0.29, 0.717) is 6.42 Å². The molecule has 0 spiro atoms. The molecule has 2 aromatic heterocycles. The van der Waals surface area contributed by atoms with Crippen LogP contribution in [0, 0.1) is 28.1 Å². The maximum Gasteiger partial charge on any atom is 0.132 e. The van der Waals surface area contributed by atoms with Gasteiger partial charge < -0.3 is 4.90 Å². The zero-order chi connectivity index (χ0) is 35.9. The van der Waals surface area contributed by atoms with Gasteiger partial charge in [-0.05, 0) is 129 Å². The van der Waals surface area contributed by atoms with E-state index in [4.69, 9.17) is 0 Å². The average molecular weight is 708 g/mol. The van der Waals surface area contributed by atoms with E-state index < -0.39 is 0 Å². The fourth-order valence-electron chi connectivity index (χ4n) is 6.81. The molecular formula is C47H37N3S2. The molecule has 52 heavy (non-hydrogen) atoms. The van der Waals surface area contributed by atoms with Gasteiger partial charge in [0.15, 0.2) is 0 Å².